The molecule has 1 aliphatic rings. The first-order valence-corrected chi connectivity index (χ1v) is 10.5. The SMILES string of the molecule is O=C(c1ccc(Cl)cc1)N1CCN(C(=O)c2ccccc2Cc2ccccc2)CC1. The lowest BCUT2D eigenvalue weighted by Crippen LogP contribution is -2.50. The van der Waals surface area contributed by atoms with Crippen molar-refractivity contribution in [2.45, 2.75) is 6.42 Å². The molecule has 4 nitrogen and oxygen atoms in total. The molecule has 0 bridgehead atoms. The average molecular weight is 419 g/mol. The van der Waals surface area contributed by atoms with E-state index in [0.29, 0.717) is 36.8 Å². The second kappa shape index (κ2) is 9.14. The summed E-state index contributed by atoms with van der Waals surface area (Å²) in [6.07, 6.45) is 0.720. The predicted molar refractivity (Wildman–Crippen MR) is 119 cm³/mol. The van der Waals surface area contributed by atoms with Crippen LogP contribution in [0.1, 0.15) is 31.8 Å². The molecule has 4 rings (SSSR count). The summed E-state index contributed by atoms with van der Waals surface area (Å²) in [5, 5.41) is 0.608. The van der Waals surface area contributed by atoms with E-state index in [1.165, 1.54) is 5.56 Å². The molecular weight excluding hydrogens is 396 g/mol. The van der Waals surface area contributed by atoms with Crippen LogP contribution in [0.5, 0.6) is 0 Å². The van der Waals surface area contributed by atoms with Crippen LogP contribution in [-0.2, 0) is 6.42 Å². The summed E-state index contributed by atoms with van der Waals surface area (Å²) in [5.74, 6) is 0.00312. The number of carbonyl (C=O) groups is 2. The monoisotopic (exact) mass is 418 g/mol. The van der Waals surface area contributed by atoms with Crippen molar-refractivity contribution in [2.75, 3.05) is 26.2 Å². The van der Waals surface area contributed by atoms with Gasteiger partial charge in [0.2, 0.25) is 0 Å². The van der Waals surface area contributed by atoms with E-state index in [-0.39, 0.29) is 11.8 Å². The van der Waals surface area contributed by atoms with Crippen LogP contribution in [0.25, 0.3) is 0 Å². The fourth-order valence-corrected chi connectivity index (χ4v) is 3.88. The third kappa shape index (κ3) is 4.55. The number of benzene rings is 3. The van der Waals surface area contributed by atoms with Gasteiger partial charge in [0.1, 0.15) is 0 Å². The van der Waals surface area contributed by atoms with Crippen molar-refractivity contribution in [3.8, 4) is 0 Å². The highest BCUT2D eigenvalue weighted by molar-refractivity contribution is 6.30. The third-order valence-electron chi connectivity index (χ3n) is 5.43. The maximum absolute atomic E-state index is 13.2. The molecule has 5 heteroatoms. The second-order valence-electron chi connectivity index (χ2n) is 7.41. The van der Waals surface area contributed by atoms with E-state index in [4.69, 9.17) is 11.6 Å². The minimum absolute atomic E-state index is 0.0248. The highest BCUT2D eigenvalue weighted by Crippen LogP contribution is 2.18. The Labute approximate surface area is 181 Å². The Balaban J connectivity index is 1.42. The van der Waals surface area contributed by atoms with Crippen molar-refractivity contribution in [1.82, 2.24) is 9.80 Å². The van der Waals surface area contributed by atoms with Crippen molar-refractivity contribution in [2.24, 2.45) is 0 Å². The van der Waals surface area contributed by atoms with Crippen molar-refractivity contribution < 1.29 is 9.59 Å². The number of rotatable bonds is 4. The molecule has 3 aromatic carbocycles. The summed E-state index contributed by atoms with van der Waals surface area (Å²) in [6, 6.07) is 24.9. The molecule has 0 spiro atoms. The molecule has 3 aromatic rings. The van der Waals surface area contributed by atoms with E-state index < -0.39 is 0 Å². The van der Waals surface area contributed by atoms with Gasteiger partial charge in [0.15, 0.2) is 0 Å². The molecule has 0 aromatic heterocycles. The number of piperazine rings is 1. The molecule has 30 heavy (non-hydrogen) atoms. The molecule has 0 N–H and O–H groups in total. The Kier molecular flexibility index (Phi) is 6.15. The standard InChI is InChI=1S/C25H23ClN2O2/c26-22-12-10-20(11-13-22)24(29)27-14-16-28(17-15-27)25(30)23-9-5-4-8-21(23)18-19-6-2-1-3-7-19/h1-13H,14-18H2. The molecular formula is C25H23ClN2O2. The van der Waals surface area contributed by atoms with E-state index in [9.17, 15) is 9.59 Å². The smallest absolute Gasteiger partial charge is 0.254 e. The molecule has 2 amide bonds. The van der Waals surface area contributed by atoms with Gasteiger partial charge in [-0.2, -0.15) is 0 Å². The molecule has 1 aliphatic heterocycles. The van der Waals surface area contributed by atoms with E-state index in [0.717, 1.165) is 17.5 Å². The number of hydrogen-bond donors (Lipinski definition) is 0. The van der Waals surface area contributed by atoms with Gasteiger partial charge in [0, 0.05) is 42.3 Å². The molecule has 1 saturated heterocycles. The first-order valence-electron chi connectivity index (χ1n) is 10.1. The molecule has 1 fully saturated rings. The van der Waals surface area contributed by atoms with Crippen LogP contribution in [0.2, 0.25) is 5.02 Å². The van der Waals surface area contributed by atoms with Crippen molar-refractivity contribution in [1.29, 1.82) is 0 Å². The third-order valence-corrected chi connectivity index (χ3v) is 5.68. The number of hydrogen-bond acceptors (Lipinski definition) is 2. The number of carbonyl (C=O) groups excluding carboxylic acids is 2. The van der Waals surface area contributed by atoms with Crippen molar-refractivity contribution in [3.05, 3.63) is 106 Å². The Hall–Kier alpha value is -3.11. The van der Waals surface area contributed by atoms with Gasteiger partial charge in [-0.15, -0.1) is 0 Å². The number of halogens is 1. The molecule has 0 unspecified atom stereocenters. The summed E-state index contributed by atoms with van der Waals surface area (Å²) >= 11 is 5.91. The van der Waals surface area contributed by atoms with Crippen LogP contribution >= 0.6 is 11.6 Å². The van der Waals surface area contributed by atoms with Crippen LogP contribution in [0.15, 0.2) is 78.9 Å². The van der Waals surface area contributed by atoms with Crippen LogP contribution in [0.3, 0.4) is 0 Å². The first-order chi connectivity index (χ1) is 14.6. The Morgan fingerprint density at radius 1 is 0.700 bits per heavy atom. The van der Waals surface area contributed by atoms with E-state index in [2.05, 4.69) is 12.1 Å². The summed E-state index contributed by atoms with van der Waals surface area (Å²) in [7, 11) is 0. The minimum Gasteiger partial charge on any atom is -0.335 e. The van der Waals surface area contributed by atoms with Gasteiger partial charge < -0.3 is 9.80 Å². The Morgan fingerprint density at radius 3 is 1.93 bits per heavy atom. The summed E-state index contributed by atoms with van der Waals surface area (Å²) in [6.45, 7) is 2.10. The number of amides is 2. The van der Waals surface area contributed by atoms with Crippen LogP contribution in [-0.4, -0.2) is 47.8 Å². The average Bonchev–Trinajstić information content (AvgIpc) is 2.80. The molecule has 1 heterocycles. The normalized spacial score (nSPS) is 13.9. The van der Waals surface area contributed by atoms with Gasteiger partial charge in [-0.1, -0.05) is 60.1 Å². The fraction of sp³-hybridized carbons (Fsp3) is 0.200. The summed E-state index contributed by atoms with van der Waals surface area (Å²) in [5.41, 5.74) is 3.55. The molecule has 0 atom stereocenters. The molecule has 0 aliphatic carbocycles. The quantitative estimate of drug-likeness (QED) is 0.624. The summed E-state index contributed by atoms with van der Waals surface area (Å²) in [4.78, 5) is 29.5. The fourth-order valence-electron chi connectivity index (χ4n) is 3.76. The Morgan fingerprint density at radius 2 is 1.27 bits per heavy atom. The lowest BCUT2D eigenvalue weighted by Gasteiger charge is -2.35. The maximum Gasteiger partial charge on any atom is 0.254 e. The predicted octanol–water partition coefficient (Wildman–Crippen LogP) is 4.53. The van der Waals surface area contributed by atoms with E-state index >= 15 is 0 Å². The zero-order valence-electron chi connectivity index (χ0n) is 16.6. The molecule has 152 valence electrons. The number of nitrogens with zero attached hydrogens (tertiary/aromatic N) is 2. The van der Waals surface area contributed by atoms with Gasteiger partial charge in [-0.05, 0) is 47.9 Å². The largest absolute Gasteiger partial charge is 0.335 e. The van der Waals surface area contributed by atoms with Crippen LogP contribution < -0.4 is 0 Å². The molecule has 0 radical (unpaired) electrons. The topological polar surface area (TPSA) is 40.6 Å². The first kappa shape index (κ1) is 20.2. The van der Waals surface area contributed by atoms with Crippen LogP contribution in [0, 0.1) is 0 Å². The van der Waals surface area contributed by atoms with E-state index in [1.807, 2.05) is 47.4 Å². The minimum atomic E-state index is -0.0248. The van der Waals surface area contributed by atoms with Crippen molar-refractivity contribution >= 4 is 23.4 Å². The van der Waals surface area contributed by atoms with E-state index in [1.54, 1.807) is 29.2 Å². The lowest BCUT2D eigenvalue weighted by atomic mass is 9.99. The Bertz CT molecular complexity index is 1030. The zero-order valence-corrected chi connectivity index (χ0v) is 17.4. The van der Waals surface area contributed by atoms with Crippen molar-refractivity contribution in [3.63, 3.8) is 0 Å². The van der Waals surface area contributed by atoms with Gasteiger partial charge in [-0.3, -0.25) is 9.59 Å². The highest BCUT2D eigenvalue weighted by atomic mass is 35.5. The second-order valence-corrected chi connectivity index (χ2v) is 7.85. The maximum atomic E-state index is 13.2. The van der Waals surface area contributed by atoms with Gasteiger partial charge in [0.05, 0.1) is 0 Å². The van der Waals surface area contributed by atoms with Gasteiger partial charge in [-0.25, -0.2) is 0 Å². The van der Waals surface area contributed by atoms with Crippen LogP contribution in [0.4, 0.5) is 0 Å². The lowest BCUT2D eigenvalue weighted by molar-refractivity contribution is 0.0535. The highest BCUT2D eigenvalue weighted by Gasteiger charge is 2.26. The zero-order chi connectivity index (χ0) is 20.9. The summed E-state index contributed by atoms with van der Waals surface area (Å²) < 4.78 is 0. The van der Waals surface area contributed by atoms with Gasteiger partial charge in [0.25, 0.3) is 11.8 Å². The van der Waals surface area contributed by atoms with Gasteiger partial charge >= 0.3 is 0 Å². The molecule has 0 saturated carbocycles.